The van der Waals surface area contributed by atoms with E-state index in [0.717, 1.165) is 6.07 Å². The molecule has 2 aromatic rings. The molecule has 1 aromatic carbocycles. The Bertz CT molecular complexity index is 1030. The molecule has 0 bridgehead atoms. The Kier molecular flexibility index (Phi) is 5.49. The van der Waals surface area contributed by atoms with E-state index in [9.17, 15) is 17.6 Å². The largest absolute Gasteiger partial charge is 0.337 e. The van der Waals surface area contributed by atoms with Gasteiger partial charge in [0.2, 0.25) is 5.91 Å². The summed E-state index contributed by atoms with van der Waals surface area (Å²) < 4.78 is 41.8. The standard InChI is InChI=1S/C18H20FN5O3S/c1-12-21-17(11-23(12)2)28(26,27)24-7-5-13(6-8-24)18(25)22-15-3-4-16(19)14(9-15)10-20/h3-4,9,11,13H,5-8H2,1-2H3,(H,22,25). The van der Waals surface area contributed by atoms with Gasteiger partial charge in [0.1, 0.15) is 17.7 Å². The van der Waals surface area contributed by atoms with Gasteiger partial charge in [0.25, 0.3) is 10.0 Å². The molecule has 0 aliphatic carbocycles. The first kappa shape index (κ1) is 20.0. The number of carbonyl (C=O) groups excluding carboxylic acids is 1. The van der Waals surface area contributed by atoms with Gasteiger partial charge in [-0.3, -0.25) is 4.79 Å². The molecule has 1 saturated heterocycles. The molecular weight excluding hydrogens is 385 g/mol. The van der Waals surface area contributed by atoms with Gasteiger partial charge in [0.05, 0.1) is 5.56 Å². The van der Waals surface area contributed by atoms with E-state index in [1.165, 1.54) is 22.6 Å². The minimum atomic E-state index is -3.69. The Morgan fingerprint density at radius 3 is 2.61 bits per heavy atom. The zero-order chi connectivity index (χ0) is 20.5. The molecule has 0 atom stereocenters. The third-order valence-electron chi connectivity index (χ3n) is 4.87. The van der Waals surface area contributed by atoms with Crippen molar-refractivity contribution in [1.82, 2.24) is 13.9 Å². The number of anilines is 1. The van der Waals surface area contributed by atoms with Gasteiger partial charge in [-0.05, 0) is 38.0 Å². The van der Waals surface area contributed by atoms with Crippen LogP contribution in [0.15, 0.2) is 29.4 Å². The normalized spacial score (nSPS) is 15.9. The van der Waals surface area contributed by atoms with Crippen LogP contribution in [0.5, 0.6) is 0 Å². The van der Waals surface area contributed by atoms with Crippen molar-refractivity contribution in [3.05, 3.63) is 41.6 Å². The first-order chi connectivity index (χ1) is 13.2. The lowest BCUT2D eigenvalue weighted by atomic mass is 9.97. The molecule has 3 rings (SSSR count). The van der Waals surface area contributed by atoms with Crippen LogP contribution in [0.2, 0.25) is 0 Å². The molecule has 0 radical (unpaired) electrons. The number of piperidine rings is 1. The monoisotopic (exact) mass is 405 g/mol. The van der Waals surface area contributed by atoms with Crippen LogP contribution < -0.4 is 5.32 Å². The van der Waals surface area contributed by atoms with Gasteiger partial charge < -0.3 is 9.88 Å². The van der Waals surface area contributed by atoms with Crippen molar-refractivity contribution < 1.29 is 17.6 Å². The Balaban J connectivity index is 1.63. The molecule has 2 heterocycles. The molecule has 8 nitrogen and oxygen atoms in total. The number of aryl methyl sites for hydroxylation is 2. The number of nitriles is 1. The molecule has 10 heteroatoms. The molecule has 1 aliphatic heterocycles. The van der Waals surface area contributed by atoms with Crippen molar-refractivity contribution >= 4 is 21.6 Å². The van der Waals surface area contributed by atoms with Crippen LogP contribution in [-0.4, -0.2) is 41.3 Å². The molecule has 0 unspecified atom stereocenters. The number of halogens is 1. The minimum absolute atomic E-state index is 0.00532. The highest BCUT2D eigenvalue weighted by molar-refractivity contribution is 7.89. The summed E-state index contributed by atoms with van der Waals surface area (Å²) in [7, 11) is -1.97. The van der Waals surface area contributed by atoms with Crippen molar-refractivity contribution in [2.45, 2.75) is 24.8 Å². The minimum Gasteiger partial charge on any atom is -0.337 e. The van der Waals surface area contributed by atoms with Crippen LogP contribution in [0.25, 0.3) is 0 Å². The summed E-state index contributed by atoms with van der Waals surface area (Å²) in [5, 5.41) is 11.5. The van der Waals surface area contributed by atoms with E-state index in [-0.39, 0.29) is 35.5 Å². The van der Waals surface area contributed by atoms with Gasteiger partial charge in [0, 0.05) is 37.9 Å². The van der Waals surface area contributed by atoms with E-state index in [1.54, 1.807) is 24.6 Å². The van der Waals surface area contributed by atoms with Crippen LogP contribution in [0.4, 0.5) is 10.1 Å². The van der Waals surface area contributed by atoms with Gasteiger partial charge in [-0.1, -0.05) is 0 Å². The Morgan fingerprint density at radius 1 is 1.36 bits per heavy atom. The second-order valence-corrected chi connectivity index (χ2v) is 8.60. The van der Waals surface area contributed by atoms with Crippen LogP contribution in [0.3, 0.4) is 0 Å². The Hall–Kier alpha value is -2.77. The molecule has 28 heavy (non-hydrogen) atoms. The zero-order valence-electron chi connectivity index (χ0n) is 15.5. The first-order valence-electron chi connectivity index (χ1n) is 8.73. The summed E-state index contributed by atoms with van der Waals surface area (Å²) in [6.45, 7) is 2.15. The molecule has 148 valence electrons. The predicted molar refractivity (Wildman–Crippen MR) is 99.2 cm³/mol. The van der Waals surface area contributed by atoms with Crippen molar-refractivity contribution in [3.63, 3.8) is 0 Å². The van der Waals surface area contributed by atoms with Gasteiger partial charge in [-0.2, -0.15) is 9.57 Å². The molecule has 1 amide bonds. The fraction of sp³-hybridized carbons (Fsp3) is 0.389. The van der Waals surface area contributed by atoms with Crippen LogP contribution >= 0.6 is 0 Å². The molecular formula is C18H20FN5O3S. The van der Waals surface area contributed by atoms with Gasteiger partial charge in [-0.25, -0.2) is 17.8 Å². The van der Waals surface area contributed by atoms with E-state index in [0.29, 0.717) is 24.4 Å². The lowest BCUT2D eigenvalue weighted by Crippen LogP contribution is -2.41. The Morgan fingerprint density at radius 2 is 2.04 bits per heavy atom. The van der Waals surface area contributed by atoms with Crippen molar-refractivity contribution in [3.8, 4) is 6.07 Å². The zero-order valence-corrected chi connectivity index (χ0v) is 16.3. The number of imidazole rings is 1. The number of benzene rings is 1. The molecule has 1 aliphatic rings. The number of carbonyl (C=O) groups is 1. The van der Waals surface area contributed by atoms with Gasteiger partial charge in [-0.15, -0.1) is 0 Å². The lowest BCUT2D eigenvalue weighted by Gasteiger charge is -2.29. The highest BCUT2D eigenvalue weighted by Gasteiger charge is 2.33. The molecule has 0 saturated carbocycles. The smallest absolute Gasteiger partial charge is 0.262 e. The third kappa shape index (κ3) is 3.90. The summed E-state index contributed by atoms with van der Waals surface area (Å²) in [4.78, 5) is 16.5. The molecule has 1 fully saturated rings. The molecule has 1 N–H and O–H groups in total. The van der Waals surface area contributed by atoms with E-state index in [4.69, 9.17) is 5.26 Å². The van der Waals surface area contributed by atoms with Gasteiger partial charge in [0.15, 0.2) is 5.03 Å². The average molecular weight is 405 g/mol. The number of hydrogen-bond acceptors (Lipinski definition) is 5. The number of amides is 1. The highest BCUT2D eigenvalue weighted by Crippen LogP contribution is 2.25. The summed E-state index contributed by atoms with van der Waals surface area (Å²) in [5.41, 5.74) is 0.186. The molecule has 1 aromatic heterocycles. The van der Waals surface area contributed by atoms with E-state index in [1.807, 2.05) is 0 Å². The predicted octanol–water partition coefficient (Wildman–Crippen LogP) is 1.78. The number of nitrogens with one attached hydrogen (secondary N) is 1. The number of rotatable bonds is 4. The maximum Gasteiger partial charge on any atom is 0.262 e. The van der Waals surface area contributed by atoms with E-state index >= 15 is 0 Å². The Labute approximate surface area is 162 Å². The number of sulfonamides is 1. The number of nitrogens with zero attached hydrogens (tertiary/aromatic N) is 4. The topological polar surface area (TPSA) is 108 Å². The van der Waals surface area contributed by atoms with Crippen molar-refractivity contribution in [2.75, 3.05) is 18.4 Å². The average Bonchev–Trinajstić information content (AvgIpc) is 3.03. The first-order valence-corrected chi connectivity index (χ1v) is 10.2. The lowest BCUT2D eigenvalue weighted by molar-refractivity contribution is -0.120. The van der Waals surface area contributed by atoms with Crippen molar-refractivity contribution in [2.24, 2.45) is 13.0 Å². The summed E-state index contributed by atoms with van der Waals surface area (Å²) in [6, 6.07) is 5.51. The maximum atomic E-state index is 13.4. The quantitative estimate of drug-likeness (QED) is 0.834. The second-order valence-electron chi connectivity index (χ2n) is 6.71. The van der Waals surface area contributed by atoms with Gasteiger partial charge >= 0.3 is 0 Å². The van der Waals surface area contributed by atoms with Crippen LogP contribution in [0, 0.1) is 30.0 Å². The SMILES string of the molecule is Cc1nc(S(=O)(=O)N2CCC(C(=O)Nc3ccc(F)c(C#N)c3)CC2)cn1C. The fourth-order valence-electron chi connectivity index (χ4n) is 3.07. The third-order valence-corrected chi connectivity index (χ3v) is 6.64. The second kappa shape index (κ2) is 7.69. The highest BCUT2D eigenvalue weighted by atomic mass is 32.2. The summed E-state index contributed by atoms with van der Waals surface area (Å²) in [5.74, 6) is -0.693. The fourth-order valence-corrected chi connectivity index (χ4v) is 4.57. The van der Waals surface area contributed by atoms with Crippen LogP contribution in [-0.2, 0) is 21.9 Å². The summed E-state index contributed by atoms with van der Waals surface area (Å²) in [6.07, 6.45) is 2.21. The molecule has 0 spiro atoms. The summed E-state index contributed by atoms with van der Waals surface area (Å²) >= 11 is 0. The van der Waals surface area contributed by atoms with E-state index in [2.05, 4.69) is 10.3 Å². The van der Waals surface area contributed by atoms with Crippen LogP contribution in [0.1, 0.15) is 24.2 Å². The van der Waals surface area contributed by atoms with E-state index < -0.39 is 15.8 Å². The number of hydrogen-bond donors (Lipinski definition) is 1. The number of aromatic nitrogens is 2. The van der Waals surface area contributed by atoms with Crippen molar-refractivity contribution in [1.29, 1.82) is 5.26 Å². The maximum absolute atomic E-state index is 13.4.